The molecule has 168 valence electrons. The Morgan fingerprint density at radius 3 is 2.42 bits per heavy atom. The molecule has 0 radical (unpaired) electrons. The van der Waals surface area contributed by atoms with Crippen molar-refractivity contribution in [2.24, 2.45) is 5.92 Å². The Kier molecular flexibility index (Phi) is 5.47. The van der Waals surface area contributed by atoms with Gasteiger partial charge in [-0.25, -0.2) is 0 Å². The van der Waals surface area contributed by atoms with E-state index in [1.54, 1.807) is 30.3 Å². The number of carbonyl (C=O) groups excluding carboxylic acids is 1. The number of fused-ring (bicyclic) bond motifs is 4. The highest BCUT2D eigenvalue weighted by molar-refractivity contribution is 7.80. The first-order valence-electron chi connectivity index (χ1n) is 10.5. The summed E-state index contributed by atoms with van der Waals surface area (Å²) in [7, 11) is 0. The minimum absolute atomic E-state index is 0.206. The third-order valence-corrected chi connectivity index (χ3v) is 6.93. The fraction of sp³-hybridized carbons (Fsp3) is 0.200. The number of halogens is 2. The van der Waals surface area contributed by atoms with Crippen LogP contribution in [0.15, 0.2) is 66.7 Å². The highest BCUT2D eigenvalue weighted by atomic mass is 35.5. The fourth-order valence-corrected chi connectivity index (χ4v) is 5.31. The van der Waals surface area contributed by atoms with E-state index >= 15 is 0 Å². The lowest BCUT2D eigenvalue weighted by Gasteiger charge is -2.56. The van der Waals surface area contributed by atoms with Gasteiger partial charge in [0.2, 0.25) is 5.91 Å². The first-order valence-corrected chi connectivity index (χ1v) is 11.6. The number of aryl methyl sites for hydroxylation is 1. The predicted molar refractivity (Wildman–Crippen MR) is 136 cm³/mol. The topological polar surface area (TPSA) is 53.6 Å². The Balaban J connectivity index is 1.62. The first-order chi connectivity index (χ1) is 15.8. The molecule has 2 N–H and O–H groups in total. The number of carbonyl (C=O) groups is 1. The maximum atomic E-state index is 13.7. The normalized spacial score (nSPS) is 23.3. The van der Waals surface area contributed by atoms with Crippen LogP contribution in [-0.2, 0) is 4.79 Å². The van der Waals surface area contributed by atoms with Gasteiger partial charge in [0.15, 0.2) is 10.8 Å². The quantitative estimate of drug-likeness (QED) is 0.428. The van der Waals surface area contributed by atoms with E-state index < -0.39 is 17.7 Å². The molecule has 0 saturated carbocycles. The highest BCUT2D eigenvalue weighted by Gasteiger charge is 2.59. The molecular formula is C25H21Cl2N3O2S. The number of thiocarbonyl (C=S) groups is 1. The van der Waals surface area contributed by atoms with E-state index in [4.69, 9.17) is 40.2 Å². The Morgan fingerprint density at radius 2 is 1.73 bits per heavy atom. The minimum Gasteiger partial charge on any atom is -0.467 e. The van der Waals surface area contributed by atoms with E-state index in [0.717, 1.165) is 16.8 Å². The van der Waals surface area contributed by atoms with Crippen LogP contribution >= 0.6 is 35.4 Å². The molecule has 0 spiro atoms. The number of benzene rings is 3. The second kappa shape index (κ2) is 8.20. The van der Waals surface area contributed by atoms with Crippen molar-refractivity contribution in [3.8, 4) is 5.75 Å². The lowest BCUT2D eigenvalue weighted by atomic mass is 9.78. The fourth-order valence-electron chi connectivity index (χ4n) is 4.59. The third kappa shape index (κ3) is 3.82. The van der Waals surface area contributed by atoms with Crippen molar-refractivity contribution < 1.29 is 9.53 Å². The van der Waals surface area contributed by atoms with E-state index in [2.05, 4.69) is 10.6 Å². The Labute approximate surface area is 207 Å². The second-order valence-electron chi connectivity index (χ2n) is 8.41. The molecule has 1 amide bonds. The second-order valence-corrected chi connectivity index (χ2v) is 9.67. The molecule has 3 unspecified atom stereocenters. The van der Waals surface area contributed by atoms with Gasteiger partial charge in [-0.2, -0.15) is 0 Å². The Morgan fingerprint density at radius 1 is 1.06 bits per heavy atom. The lowest BCUT2D eigenvalue weighted by molar-refractivity contribution is -0.130. The standard InChI is InChI=1S/C25H21Cl2N3O2S/c1-14-3-10-18(11-4-14)30-24(33)29-22-19-13-16(27)7-12-20(19)32-25(30,2)21(22)23(31)28-17-8-5-15(26)6-9-17/h3-13,21-22H,1-2H3,(H,28,31)(H,29,33). The van der Waals surface area contributed by atoms with Gasteiger partial charge in [0.25, 0.3) is 0 Å². The van der Waals surface area contributed by atoms with Gasteiger partial charge in [0.05, 0.1) is 6.04 Å². The Hall–Kier alpha value is -2.80. The predicted octanol–water partition coefficient (Wildman–Crippen LogP) is 6.10. The Bertz CT molecular complexity index is 1250. The van der Waals surface area contributed by atoms with Gasteiger partial charge in [0, 0.05) is 27.0 Å². The number of anilines is 2. The van der Waals surface area contributed by atoms with Gasteiger partial charge in [0.1, 0.15) is 11.7 Å². The van der Waals surface area contributed by atoms with Crippen molar-refractivity contribution in [1.82, 2.24) is 5.32 Å². The summed E-state index contributed by atoms with van der Waals surface area (Å²) in [5.41, 5.74) is 2.31. The average Bonchev–Trinajstić information content (AvgIpc) is 2.77. The van der Waals surface area contributed by atoms with Gasteiger partial charge in [-0.15, -0.1) is 0 Å². The summed E-state index contributed by atoms with van der Waals surface area (Å²) in [6.07, 6.45) is 0. The molecule has 5 rings (SSSR count). The molecular weight excluding hydrogens is 477 g/mol. The van der Waals surface area contributed by atoms with Crippen molar-refractivity contribution in [2.45, 2.75) is 25.6 Å². The molecule has 0 aliphatic carbocycles. The summed E-state index contributed by atoms with van der Waals surface area (Å²) in [5, 5.41) is 8.03. The smallest absolute Gasteiger partial charge is 0.236 e. The zero-order chi connectivity index (χ0) is 23.3. The van der Waals surface area contributed by atoms with Gasteiger partial charge in [-0.05, 0) is 80.7 Å². The average molecular weight is 498 g/mol. The molecule has 1 fully saturated rings. The lowest BCUT2D eigenvalue weighted by Crippen LogP contribution is -2.72. The zero-order valence-electron chi connectivity index (χ0n) is 17.9. The number of amides is 1. The summed E-state index contributed by atoms with van der Waals surface area (Å²) in [5.74, 6) is -0.190. The monoisotopic (exact) mass is 497 g/mol. The van der Waals surface area contributed by atoms with Crippen molar-refractivity contribution in [3.63, 3.8) is 0 Å². The van der Waals surface area contributed by atoms with Gasteiger partial charge in [-0.3, -0.25) is 9.69 Å². The molecule has 2 aliphatic heterocycles. The molecule has 2 aliphatic rings. The van der Waals surface area contributed by atoms with Crippen LogP contribution in [0.25, 0.3) is 0 Å². The number of hydrogen-bond donors (Lipinski definition) is 2. The summed E-state index contributed by atoms with van der Waals surface area (Å²) in [4.78, 5) is 15.6. The maximum absolute atomic E-state index is 13.7. The number of nitrogens with zero attached hydrogens (tertiary/aromatic N) is 1. The van der Waals surface area contributed by atoms with E-state index in [0.29, 0.717) is 26.6 Å². The van der Waals surface area contributed by atoms with Crippen LogP contribution in [0.3, 0.4) is 0 Å². The van der Waals surface area contributed by atoms with Crippen LogP contribution in [0.5, 0.6) is 5.75 Å². The van der Waals surface area contributed by atoms with Crippen molar-refractivity contribution in [2.75, 3.05) is 10.2 Å². The molecule has 2 bridgehead atoms. The maximum Gasteiger partial charge on any atom is 0.236 e. The van der Waals surface area contributed by atoms with E-state index in [1.807, 2.05) is 55.1 Å². The first kappa shape index (κ1) is 22.0. The van der Waals surface area contributed by atoms with Crippen molar-refractivity contribution in [3.05, 3.63) is 87.9 Å². The van der Waals surface area contributed by atoms with E-state index in [-0.39, 0.29) is 5.91 Å². The number of rotatable bonds is 3. The van der Waals surface area contributed by atoms with Crippen LogP contribution in [0, 0.1) is 12.8 Å². The number of ether oxygens (including phenoxy) is 1. The van der Waals surface area contributed by atoms with E-state index in [9.17, 15) is 4.79 Å². The van der Waals surface area contributed by atoms with Crippen LogP contribution in [0.1, 0.15) is 24.1 Å². The van der Waals surface area contributed by atoms with E-state index in [1.165, 1.54) is 0 Å². The molecule has 0 aromatic heterocycles. The molecule has 8 heteroatoms. The summed E-state index contributed by atoms with van der Waals surface area (Å²) in [6, 6.07) is 20.0. The molecule has 3 atom stereocenters. The molecule has 1 saturated heterocycles. The third-order valence-electron chi connectivity index (χ3n) is 6.15. The van der Waals surface area contributed by atoms with Crippen LogP contribution < -0.4 is 20.3 Å². The molecule has 33 heavy (non-hydrogen) atoms. The van der Waals surface area contributed by atoms with Crippen LogP contribution in [0.4, 0.5) is 11.4 Å². The number of nitrogens with one attached hydrogen (secondary N) is 2. The zero-order valence-corrected chi connectivity index (χ0v) is 20.3. The minimum atomic E-state index is -1.08. The summed E-state index contributed by atoms with van der Waals surface area (Å²) < 4.78 is 6.56. The largest absolute Gasteiger partial charge is 0.467 e. The van der Waals surface area contributed by atoms with Gasteiger partial charge in [-0.1, -0.05) is 40.9 Å². The van der Waals surface area contributed by atoms with Crippen LogP contribution in [0.2, 0.25) is 10.0 Å². The molecule has 2 heterocycles. The SMILES string of the molecule is Cc1ccc(N2C(=S)NC3c4cc(Cl)ccc4OC2(C)C3C(=O)Nc2ccc(Cl)cc2)cc1. The molecule has 3 aromatic rings. The summed E-state index contributed by atoms with van der Waals surface area (Å²) in [6.45, 7) is 3.92. The molecule has 3 aromatic carbocycles. The van der Waals surface area contributed by atoms with Crippen molar-refractivity contribution in [1.29, 1.82) is 0 Å². The van der Waals surface area contributed by atoms with Crippen LogP contribution in [-0.4, -0.2) is 16.7 Å². The van der Waals surface area contributed by atoms with Crippen molar-refractivity contribution >= 4 is 57.8 Å². The number of hydrogen-bond acceptors (Lipinski definition) is 3. The highest BCUT2D eigenvalue weighted by Crippen LogP contribution is 2.50. The molecule has 5 nitrogen and oxygen atoms in total. The van der Waals surface area contributed by atoms with Gasteiger partial charge >= 0.3 is 0 Å². The summed E-state index contributed by atoms with van der Waals surface area (Å²) >= 11 is 18.1. The van der Waals surface area contributed by atoms with Gasteiger partial charge < -0.3 is 15.4 Å².